The lowest BCUT2D eigenvalue weighted by molar-refractivity contribution is -0.143. The Morgan fingerprint density at radius 3 is 1.98 bits per heavy atom. The summed E-state index contributed by atoms with van der Waals surface area (Å²) in [6.45, 7) is 4.48. The first-order valence-electron chi connectivity index (χ1n) is 13.5. The smallest absolute Gasteiger partial charge is 0.370 e. The molecule has 2 aliphatic rings. The van der Waals surface area contributed by atoms with Crippen molar-refractivity contribution in [2.24, 2.45) is 0 Å². The maximum atomic E-state index is 13.4. The van der Waals surface area contributed by atoms with E-state index >= 15 is 0 Å². The molecule has 2 fully saturated rings. The minimum absolute atomic E-state index is 0.0166. The fourth-order valence-corrected chi connectivity index (χ4v) is 5.54. The van der Waals surface area contributed by atoms with Gasteiger partial charge in [-0.2, -0.15) is 26.3 Å². The van der Waals surface area contributed by atoms with E-state index in [1.807, 2.05) is 30.3 Å². The Morgan fingerprint density at radius 1 is 0.878 bits per heavy atom. The van der Waals surface area contributed by atoms with E-state index in [4.69, 9.17) is 4.74 Å². The van der Waals surface area contributed by atoms with Gasteiger partial charge in [0.25, 0.3) is 0 Å². The number of rotatable bonds is 5. The lowest BCUT2D eigenvalue weighted by atomic mass is 9.87. The Labute approximate surface area is 234 Å². The third-order valence-corrected chi connectivity index (χ3v) is 7.68. The molecule has 0 radical (unpaired) electrons. The van der Waals surface area contributed by atoms with E-state index in [-0.39, 0.29) is 42.1 Å². The Hall–Kier alpha value is -3.28. The summed E-state index contributed by atoms with van der Waals surface area (Å²) in [7, 11) is 0. The van der Waals surface area contributed by atoms with Crippen molar-refractivity contribution in [3.05, 3.63) is 70.8 Å². The molecule has 2 aromatic carbocycles. The molecule has 0 saturated carbocycles. The van der Waals surface area contributed by atoms with Gasteiger partial charge >= 0.3 is 18.4 Å². The lowest BCUT2D eigenvalue weighted by Gasteiger charge is -2.42. The number of amides is 3. The van der Waals surface area contributed by atoms with Gasteiger partial charge in [0.15, 0.2) is 0 Å². The van der Waals surface area contributed by atoms with Crippen molar-refractivity contribution in [1.29, 1.82) is 0 Å². The summed E-state index contributed by atoms with van der Waals surface area (Å²) >= 11 is 0. The highest BCUT2D eigenvalue weighted by Crippen LogP contribution is 2.39. The summed E-state index contributed by atoms with van der Waals surface area (Å²) in [6, 6.07) is 10.6. The van der Waals surface area contributed by atoms with Gasteiger partial charge in [0.1, 0.15) is 0 Å². The number of hydrogen-bond donors (Lipinski definition) is 1. The highest BCUT2D eigenvalue weighted by atomic mass is 19.4. The molecule has 2 heterocycles. The van der Waals surface area contributed by atoms with Crippen molar-refractivity contribution in [3.63, 3.8) is 0 Å². The van der Waals surface area contributed by atoms with Gasteiger partial charge < -0.3 is 19.9 Å². The number of likely N-dealkylation sites (tertiary alicyclic amines) is 2. The third-order valence-electron chi connectivity index (χ3n) is 7.68. The molecule has 12 heteroatoms. The van der Waals surface area contributed by atoms with Crippen LogP contribution in [0.25, 0.3) is 0 Å². The Morgan fingerprint density at radius 2 is 1.44 bits per heavy atom. The summed E-state index contributed by atoms with van der Waals surface area (Å²) < 4.78 is 86.7. The van der Waals surface area contributed by atoms with Crippen molar-refractivity contribution in [3.8, 4) is 0 Å². The quantitative estimate of drug-likeness (QED) is 0.415. The fourth-order valence-electron chi connectivity index (χ4n) is 5.54. The number of nitrogens with zero attached hydrogens (tertiary/aromatic N) is 2. The zero-order valence-corrected chi connectivity index (χ0v) is 22.8. The maximum absolute atomic E-state index is 13.4. The zero-order chi connectivity index (χ0) is 29.9. The minimum Gasteiger partial charge on any atom is -0.370 e. The van der Waals surface area contributed by atoms with E-state index < -0.39 is 35.7 Å². The van der Waals surface area contributed by atoms with Crippen LogP contribution in [0.2, 0.25) is 0 Å². The maximum Gasteiger partial charge on any atom is 0.416 e. The normalized spacial score (nSPS) is 21.5. The van der Waals surface area contributed by atoms with Crippen LogP contribution in [0.15, 0.2) is 48.5 Å². The molecule has 6 nitrogen and oxygen atoms in total. The second-order valence-corrected chi connectivity index (χ2v) is 10.7. The fraction of sp³-hybridized carbons (Fsp3) is 0.517. The van der Waals surface area contributed by atoms with Gasteiger partial charge in [0.05, 0.1) is 23.3 Å². The average Bonchev–Trinajstić information content (AvgIpc) is 2.92. The van der Waals surface area contributed by atoms with Gasteiger partial charge in [-0.1, -0.05) is 30.3 Å². The SMILES string of the molecule is CC(=O)NC1CCN(C(=O)N2CC[C@H](O[C@H](C)c3cc(C(F)(F)F)cc(C(F)(F)F)c3)[C@H](c3ccccc3)C2)CC1. The standard InChI is InChI=1S/C29H33F6N3O3/c1-18(21-14-22(28(30,31)32)16-23(15-21)29(33,34)35)41-26-10-13-38(17-25(26)20-6-4-3-5-7-20)27(40)37-11-8-24(9-12-37)36-19(2)39/h3-7,14-16,18,24-26H,8-13,17H2,1-2H3,(H,36,39)/t18-,25+,26+/m1/s1. The van der Waals surface area contributed by atoms with Gasteiger partial charge in [-0.15, -0.1) is 0 Å². The van der Waals surface area contributed by atoms with Gasteiger partial charge in [0.2, 0.25) is 5.91 Å². The topological polar surface area (TPSA) is 61.9 Å². The van der Waals surface area contributed by atoms with Crippen LogP contribution in [0.1, 0.15) is 67.4 Å². The molecule has 4 rings (SSSR count). The van der Waals surface area contributed by atoms with Crippen LogP contribution in [-0.4, -0.2) is 60.1 Å². The number of halogens is 6. The second-order valence-electron chi connectivity index (χ2n) is 10.7. The Balaban J connectivity index is 1.51. The molecule has 3 atom stereocenters. The second kappa shape index (κ2) is 12.3. The highest BCUT2D eigenvalue weighted by Gasteiger charge is 2.39. The largest absolute Gasteiger partial charge is 0.416 e. The molecule has 41 heavy (non-hydrogen) atoms. The van der Waals surface area contributed by atoms with Gasteiger partial charge in [0, 0.05) is 45.1 Å². The van der Waals surface area contributed by atoms with E-state index in [0.717, 1.165) is 5.56 Å². The van der Waals surface area contributed by atoms with Gasteiger partial charge in [-0.05, 0) is 55.5 Å². The summed E-state index contributed by atoms with van der Waals surface area (Å²) in [5.74, 6) is -0.460. The first-order chi connectivity index (χ1) is 19.2. The Bertz CT molecular complexity index is 1180. The van der Waals surface area contributed by atoms with Crippen molar-refractivity contribution < 1.29 is 40.7 Å². The lowest BCUT2D eigenvalue weighted by Crippen LogP contribution is -2.54. The molecular formula is C29H33F6N3O3. The number of carbonyl (C=O) groups is 2. The van der Waals surface area contributed by atoms with Gasteiger partial charge in [-0.3, -0.25) is 4.79 Å². The van der Waals surface area contributed by atoms with Crippen molar-refractivity contribution >= 4 is 11.9 Å². The molecule has 0 bridgehead atoms. The zero-order valence-electron chi connectivity index (χ0n) is 22.8. The van der Waals surface area contributed by atoms with Crippen LogP contribution in [0.5, 0.6) is 0 Å². The number of urea groups is 1. The van der Waals surface area contributed by atoms with E-state index in [1.54, 1.807) is 9.80 Å². The summed E-state index contributed by atoms with van der Waals surface area (Å²) in [4.78, 5) is 28.2. The summed E-state index contributed by atoms with van der Waals surface area (Å²) in [6.07, 6.45) is -9.89. The highest BCUT2D eigenvalue weighted by molar-refractivity contribution is 5.75. The summed E-state index contributed by atoms with van der Waals surface area (Å²) in [5.41, 5.74) is -2.15. The molecule has 0 spiro atoms. The van der Waals surface area contributed by atoms with Crippen LogP contribution in [0.3, 0.4) is 0 Å². The molecule has 0 aromatic heterocycles. The van der Waals surface area contributed by atoms with Crippen LogP contribution in [0.4, 0.5) is 31.1 Å². The van der Waals surface area contributed by atoms with E-state index in [9.17, 15) is 35.9 Å². The van der Waals surface area contributed by atoms with Crippen LogP contribution < -0.4 is 5.32 Å². The predicted molar refractivity (Wildman–Crippen MR) is 139 cm³/mol. The van der Waals surface area contributed by atoms with E-state index in [0.29, 0.717) is 51.0 Å². The Kier molecular flexibility index (Phi) is 9.20. The summed E-state index contributed by atoms with van der Waals surface area (Å²) in [5, 5.41) is 2.88. The molecule has 2 aromatic rings. The monoisotopic (exact) mass is 585 g/mol. The number of nitrogens with one attached hydrogen (secondary N) is 1. The molecule has 2 aliphatic heterocycles. The predicted octanol–water partition coefficient (Wildman–Crippen LogP) is 6.38. The van der Waals surface area contributed by atoms with E-state index in [2.05, 4.69) is 5.32 Å². The number of alkyl halides is 6. The average molecular weight is 586 g/mol. The number of carbonyl (C=O) groups excluding carboxylic acids is 2. The number of benzene rings is 2. The molecule has 3 amide bonds. The minimum atomic E-state index is -4.95. The first-order valence-corrected chi connectivity index (χ1v) is 13.5. The van der Waals surface area contributed by atoms with Crippen LogP contribution in [-0.2, 0) is 21.9 Å². The molecule has 224 valence electrons. The van der Waals surface area contributed by atoms with Crippen molar-refractivity contribution in [2.45, 2.75) is 69.6 Å². The molecule has 0 unspecified atom stereocenters. The van der Waals surface area contributed by atoms with Crippen LogP contribution >= 0.6 is 0 Å². The first kappa shape index (κ1) is 30.7. The molecular weight excluding hydrogens is 552 g/mol. The number of hydrogen-bond acceptors (Lipinski definition) is 3. The number of piperidine rings is 2. The van der Waals surface area contributed by atoms with Gasteiger partial charge in [-0.25, -0.2) is 4.79 Å². The van der Waals surface area contributed by atoms with Crippen LogP contribution in [0, 0.1) is 0 Å². The van der Waals surface area contributed by atoms with Crippen molar-refractivity contribution in [1.82, 2.24) is 15.1 Å². The molecule has 0 aliphatic carbocycles. The third kappa shape index (κ3) is 7.72. The number of ether oxygens (including phenoxy) is 1. The molecule has 1 N–H and O–H groups in total. The van der Waals surface area contributed by atoms with Crippen molar-refractivity contribution in [2.75, 3.05) is 26.2 Å². The molecule has 2 saturated heterocycles. The van der Waals surface area contributed by atoms with E-state index in [1.165, 1.54) is 13.8 Å².